The van der Waals surface area contributed by atoms with Crippen molar-refractivity contribution in [2.45, 2.75) is 6.54 Å². The van der Waals surface area contributed by atoms with Crippen molar-refractivity contribution in [3.8, 4) is 0 Å². The summed E-state index contributed by atoms with van der Waals surface area (Å²) >= 11 is 3.60. The predicted molar refractivity (Wildman–Crippen MR) is 90.7 cm³/mol. The van der Waals surface area contributed by atoms with Crippen LogP contribution in [0.4, 0.5) is 11.5 Å². The number of nitrogens with zero attached hydrogens (tertiary/aromatic N) is 3. The van der Waals surface area contributed by atoms with E-state index in [1.165, 1.54) is 5.69 Å². The topological polar surface area (TPSA) is 45.4 Å². The summed E-state index contributed by atoms with van der Waals surface area (Å²) in [5, 5.41) is 0. The number of halogens is 1. The lowest BCUT2D eigenvalue weighted by atomic mass is 10.2. The Morgan fingerprint density at radius 3 is 2.43 bits per heavy atom. The zero-order chi connectivity index (χ0) is 14.7. The zero-order valence-electron chi connectivity index (χ0n) is 11.9. The number of benzene rings is 1. The van der Waals surface area contributed by atoms with Crippen LogP contribution < -0.4 is 15.5 Å². The van der Waals surface area contributed by atoms with Crippen LogP contribution in [0.3, 0.4) is 0 Å². The maximum atomic E-state index is 5.70. The molecule has 1 aliphatic rings. The Balaban J connectivity index is 1.67. The lowest BCUT2D eigenvalue weighted by Crippen LogP contribution is -2.46. The third kappa shape index (κ3) is 3.19. The Kier molecular flexibility index (Phi) is 4.41. The Hall–Kier alpha value is -1.59. The first-order chi connectivity index (χ1) is 10.3. The van der Waals surface area contributed by atoms with Crippen LogP contribution in [0.25, 0.3) is 0 Å². The van der Waals surface area contributed by atoms with Gasteiger partial charge >= 0.3 is 0 Å². The highest BCUT2D eigenvalue weighted by Gasteiger charge is 2.18. The molecule has 2 N–H and O–H groups in total. The SMILES string of the molecule is NCc1ccc(N2CCN(c3ccccn3)CC2)cc1Br. The molecule has 1 fully saturated rings. The van der Waals surface area contributed by atoms with Gasteiger partial charge < -0.3 is 15.5 Å². The maximum Gasteiger partial charge on any atom is 0.128 e. The molecule has 0 unspecified atom stereocenters. The maximum absolute atomic E-state index is 5.70. The van der Waals surface area contributed by atoms with Crippen LogP contribution in [0.5, 0.6) is 0 Å². The average molecular weight is 347 g/mol. The largest absolute Gasteiger partial charge is 0.368 e. The molecule has 1 aliphatic heterocycles. The van der Waals surface area contributed by atoms with Crippen LogP contribution in [-0.2, 0) is 6.54 Å². The van der Waals surface area contributed by atoms with Crippen molar-refractivity contribution in [3.63, 3.8) is 0 Å². The van der Waals surface area contributed by atoms with E-state index in [0.29, 0.717) is 6.54 Å². The van der Waals surface area contributed by atoms with Crippen LogP contribution >= 0.6 is 15.9 Å². The van der Waals surface area contributed by atoms with E-state index in [1.807, 2.05) is 18.3 Å². The smallest absolute Gasteiger partial charge is 0.128 e. The molecule has 1 aromatic carbocycles. The Bertz CT molecular complexity index is 594. The molecule has 110 valence electrons. The molecule has 0 radical (unpaired) electrons. The number of pyridine rings is 1. The summed E-state index contributed by atoms with van der Waals surface area (Å²) < 4.78 is 1.09. The quantitative estimate of drug-likeness (QED) is 0.927. The fraction of sp³-hybridized carbons (Fsp3) is 0.312. The molecule has 0 atom stereocenters. The molecule has 2 aromatic rings. The van der Waals surface area contributed by atoms with Gasteiger partial charge in [-0.3, -0.25) is 0 Å². The van der Waals surface area contributed by atoms with E-state index in [1.54, 1.807) is 0 Å². The monoisotopic (exact) mass is 346 g/mol. The van der Waals surface area contributed by atoms with Crippen LogP contribution in [0.1, 0.15) is 5.56 Å². The number of nitrogens with two attached hydrogens (primary N) is 1. The van der Waals surface area contributed by atoms with Crippen LogP contribution in [0.2, 0.25) is 0 Å². The second kappa shape index (κ2) is 6.45. The van der Waals surface area contributed by atoms with Gasteiger partial charge in [0, 0.05) is 49.1 Å². The predicted octanol–water partition coefficient (Wildman–Crippen LogP) is 2.63. The van der Waals surface area contributed by atoms with Gasteiger partial charge in [0.1, 0.15) is 5.82 Å². The van der Waals surface area contributed by atoms with Crippen LogP contribution in [0, 0.1) is 0 Å². The molecule has 3 rings (SSSR count). The second-order valence-corrected chi connectivity index (χ2v) is 6.00. The minimum absolute atomic E-state index is 0.564. The molecule has 1 saturated heterocycles. The van der Waals surface area contributed by atoms with Gasteiger partial charge in [-0.25, -0.2) is 4.98 Å². The molecule has 0 aliphatic carbocycles. The molecular weight excluding hydrogens is 328 g/mol. The van der Waals surface area contributed by atoms with Crippen LogP contribution in [0.15, 0.2) is 47.1 Å². The van der Waals surface area contributed by atoms with Gasteiger partial charge in [-0.05, 0) is 29.8 Å². The van der Waals surface area contributed by atoms with Crippen LogP contribution in [-0.4, -0.2) is 31.2 Å². The summed E-state index contributed by atoms with van der Waals surface area (Å²) in [4.78, 5) is 9.16. The van der Waals surface area contributed by atoms with E-state index in [4.69, 9.17) is 5.73 Å². The first-order valence-electron chi connectivity index (χ1n) is 7.17. The summed E-state index contributed by atoms with van der Waals surface area (Å²) in [6.45, 7) is 4.56. The lowest BCUT2D eigenvalue weighted by molar-refractivity contribution is 0.647. The van der Waals surface area contributed by atoms with Crippen molar-refractivity contribution in [1.29, 1.82) is 0 Å². The lowest BCUT2D eigenvalue weighted by Gasteiger charge is -2.36. The van der Waals surface area contributed by atoms with Gasteiger partial charge in [0.05, 0.1) is 0 Å². The highest BCUT2D eigenvalue weighted by Crippen LogP contribution is 2.25. The highest BCUT2D eigenvalue weighted by molar-refractivity contribution is 9.10. The van der Waals surface area contributed by atoms with E-state index in [-0.39, 0.29) is 0 Å². The van der Waals surface area contributed by atoms with E-state index in [9.17, 15) is 0 Å². The third-order valence-corrected chi connectivity index (χ3v) is 4.61. The summed E-state index contributed by atoms with van der Waals surface area (Å²) in [7, 11) is 0. The fourth-order valence-electron chi connectivity index (χ4n) is 2.63. The van der Waals surface area contributed by atoms with Crippen molar-refractivity contribution in [2.24, 2.45) is 5.73 Å². The molecule has 0 amide bonds. The minimum Gasteiger partial charge on any atom is -0.368 e. The standard InChI is InChI=1S/C16H19BrN4/c17-15-11-14(5-4-13(15)12-18)20-7-9-21(10-8-20)16-3-1-2-6-19-16/h1-6,11H,7-10,12,18H2. The van der Waals surface area contributed by atoms with Gasteiger partial charge in [0.25, 0.3) is 0 Å². The van der Waals surface area contributed by atoms with E-state index in [2.05, 4.69) is 55.0 Å². The molecule has 0 saturated carbocycles. The van der Waals surface area contributed by atoms with Crippen molar-refractivity contribution in [3.05, 3.63) is 52.6 Å². The zero-order valence-corrected chi connectivity index (χ0v) is 13.5. The first kappa shape index (κ1) is 14.4. The van der Waals surface area contributed by atoms with Crippen molar-refractivity contribution in [2.75, 3.05) is 36.0 Å². The fourth-order valence-corrected chi connectivity index (χ4v) is 3.16. The van der Waals surface area contributed by atoms with E-state index >= 15 is 0 Å². The molecule has 0 spiro atoms. The van der Waals surface area contributed by atoms with Crippen molar-refractivity contribution < 1.29 is 0 Å². The molecule has 5 heteroatoms. The average Bonchev–Trinajstić information content (AvgIpc) is 2.56. The molecule has 0 bridgehead atoms. The number of piperazine rings is 1. The minimum atomic E-state index is 0.564. The Morgan fingerprint density at radius 1 is 1.05 bits per heavy atom. The van der Waals surface area contributed by atoms with Gasteiger partial charge in [0.2, 0.25) is 0 Å². The second-order valence-electron chi connectivity index (χ2n) is 5.14. The number of rotatable bonds is 3. The molecular formula is C16H19BrN4. The number of aromatic nitrogens is 1. The van der Waals surface area contributed by atoms with E-state index < -0.39 is 0 Å². The summed E-state index contributed by atoms with van der Waals surface area (Å²) in [5.41, 5.74) is 8.10. The normalized spacial score (nSPS) is 15.3. The van der Waals surface area contributed by atoms with Gasteiger partial charge in [-0.15, -0.1) is 0 Å². The highest BCUT2D eigenvalue weighted by atomic mass is 79.9. The van der Waals surface area contributed by atoms with E-state index in [0.717, 1.165) is 42.0 Å². The van der Waals surface area contributed by atoms with Gasteiger partial charge in [0.15, 0.2) is 0 Å². The summed E-state index contributed by atoms with van der Waals surface area (Å²) in [6.07, 6.45) is 1.85. The van der Waals surface area contributed by atoms with Crippen molar-refractivity contribution in [1.82, 2.24) is 4.98 Å². The molecule has 21 heavy (non-hydrogen) atoms. The Morgan fingerprint density at radius 2 is 1.81 bits per heavy atom. The number of hydrogen-bond donors (Lipinski definition) is 1. The van der Waals surface area contributed by atoms with Crippen molar-refractivity contribution >= 4 is 27.4 Å². The first-order valence-corrected chi connectivity index (χ1v) is 7.96. The summed E-state index contributed by atoms with van der Waals surface area (Å²) in [5.74, 6) is 1.07. The van der Waals surface area contributed by atoms with Gasteiger partial charge in [-0.1, -0.05) is 28.1 Å². The number of anilines is 2. The third-order valence-electron chi connectivity index (χ3n) is 3.87. The molecule has 2 heterocycles. The Labute approximate surface area is 133 Å². The summed E-state index contributed by atoms with van der Waals surface area (Å²) in [6, 6.07) is 12.5. The molecule has 4 nitrogen and oxygen atoms in total. The molecule has 1 aromatic heterocycles. The van der Waals surface area contributed by atoms with Gasteiger partial charge in [-0.2, -0.15) is 0 Å². The number of hydrogen-bond acceptors (Lipinski definition) is 4.